The Kier molecular flexibility index (Phi) is 8.56. The number of rotatable bonds is 7. The van der Waals surface area contributed by atoms with E-state index in [1.807, 2.05) is 18.2 Å². The van der Waals surface area contributed by atoms with Crippen LogP contribution < -0.4 is 20.4 Å². The molecule has 0 spiro atoms. The van der Waals surface area contributed by atoms with Crippen molar-refractivity contribution >= 4 is 29.3 Å². The highest BCUT2D eigenvalue weighted by Gasteiger charge is 2.40. The molecule has 2 aliphatic rings. The summed E-state index contributed by atoms with van der Waals surface area (Å²) in [6.45, 7) is 7.18. The lowest BCUT2D eigenvalue weighted by Crippen LogP contribution is -2.48. The van der Waals surface area contributed by atoms with E-state index in [2.05, 4.69) is 20.5 Å². The molecule has 246 valence electrons. The first-order valence-corrected chi connectivity index (χ1v) is 15.4. The molecule has 0 radical (unpaired) electrons. The molecule has 0 unspecified atom stereocenters. The van der Waals surface area contributed by atoms with Gasteiger partial charge in [-0.3, -0.25) is 4.90 Å². The van der Waals surface area contributed by atoms with Gasteiger partial charge in [0.05, 0.1) is 29.2 Å². The number of alkyl halides is 3. The number of aromatic nitrogens is 2. The zero-order valence-corrected chi connectivity index (χ0v) is 26.2. The number of anilines is 3. The highest BCUT2D eigenvalue weighted by Crippen LogP contribution is 2.41. The van der Waals surface area contributed by atoms with Gasteiger partial charge >= 0.3 is 18.3 Å². The normalized spacial score (nSPS) is 15.7. The lowest BCUT2D eigenvalue weighted by atomic mass is 10.0. The smallest absolute Gasteiger partial charge is 0.416 e. The van der Waals surface area contributed by atoms with Gasteiger partial charge in [-0.25, -0.2) is 19.6 Å². The average molecular weight is 649 g/mol. The van der Waals surface area contributed by atoms with Gasteiger partial charge in [0.2, 0.25) is 0 Å². The molecule has 2 aromatic carbocycles. The molecular weight excluding hydrogens is 613 g/mol. The van der Waals surface area contributed by atoms with Crippen LogP contribution in [0.5, 0.6) is 0 Å². The molecule has 2 bridgehead atoms. The number of hydrogen-bond acceptors (Lipinski definition) is 7. The Labute approximate surface area is 269 Å². The van der Waals surface area contributed by atoms with E-state index in [1.54, 1.807) is 50.1 Å². The third-order valence-corrected chi connectivity index (χ3v) is 8.01. The lowest BCUT2D eigenvalue weighted by Gasteiger charge is -2.36. The van der Waals surface area contributed by atoms with Crippen molar-refractivity contribution in [2.45, 2.75) is 57.9 Å². The number of carbonyl (C=O) groups is 2. The summed E-state index contributed by atoms with van der Waals surface area (Å²) in [4.78, 5) is 38.5. The number of aryl methyl sites for hydroxylation is 1. The number of ether oxygens (including phenoxy) is 1. The largest absolute Gasteiger partial charge is 0.444 e. The predicted octanol–water partition coefficient (Wildman–Crippen LogP) is 7.51. The summed E-state index contributed by atoms with van der Waals surface area (Å²) in [6.07, 6.45) is -0.0729. The zero-order chi connectivity index (χ0) is 33.3. The average Bonchev–Trinajstić information content (AvgIpc) is 3.70. The standard InChI is InChI=1S/C34H35F3N6O4/c1-33(2,3)47-32(45)39-14-5-7-21-9-10-24(17-26(21)29-18-38-20-46-29)40-31(44)43-25-13-15-42(19-25)28-12-11-27(41-30(28)43)22-6-4-8-23(16-22)34(35,36)37/h4,6,8-12,16-18,20,25H,5,7,13-15,19H2,1-3H3,(H,39,45)(H,40,44)/t25-/m0/s1. The predicted molar refractivity (Wildman–Crippen MR) is 171 cm³/mol. The van der Waals surface area contributed by atoms with Crippen molar-refractivity contribution in [2.24, 2.45) is 0 Å². The maximum Gasteiger partial charge on any atom is 0.416 e. The van der Waals surface area contributed by atoms with Crippen LogP contribution in [0.15, 0.2) is 71.6 Å². The van der Waals surface area contributed by atoms with Crippen LogP contribution >= 0.6 is 0 Å². The molecule has 2 aromatic heterocycles. The first kappa shape index (κ1) is 31.9. The number of alkyl carbamates (subject to hydrolysis) is 1. The van der Waals surface area contributed by atoms with Gasteiger partial charge < -0.3 is 24.7 Å². The fraction of sp³-hybridized carbons (Fsp3) is 0.353. The Hall–Kier alpha value is -5.07. The molecule has 13 heteroatoms. The van der Waals surface area contributed by atoms with E-state index in [0.29, 0.717) is 54.5 Å². The summed E-state index contributed by atoms with van der Waals surface area (Å²) in [6, 6.07) is 13.5. The molecule has 1 atom stereocenters. The number of hydrogen-bond donors (Lipinski definition) is 2. The lowest BCUT2D eigenvalue weighted by molar-refractivity contribution is -0.137. The van der Waals surface area contributed by atoms with E-state index in [4.69, 9.17) is 14.1 Å². The quantitative estimate of drug-likeness (QED) is 0.200. The minimum atomic E-state index is -4.49. The maximum atomic E-state index is 13.9. The van der Waals surface area contributed by atoms with E-state index in [9.17, 15) is 22.8 Å². The molecule has 3 amide bonds. The van der Waals surface area contributed by atoms with E-state index < -0.39 is 29.5 Å². The fourth-order valence-corrected chi connectivity index (χ4v) is 5.90. The Morgan fingerprint density at radius 2 is 1.91 bits per heavy atom. The molecule has 0 saturated carbocycles. The number of amides is 3. The molecule has 4 heterocycles. The van der Waals surface area contributed by atoms with Gasteiger partial charge in [0.25, 0.3) is 0 Å². The van der Waals surface area contributed by atoms with Crippen molar-refractivity contribution in [1.29, 1.82) is 0 Å². The second-order valence-electron chi connectivity index (χ2n) is 12.6. The van der Waals surface area contributed by atoms with Crippen molar-refractivity contribution < 1.29 is 31.9 Å². The SMILES string of the molecule is CC(C)(C)OC(=O)NCCCc1ccc(NC(=O)N2c3nc(-c4cccc(C(F)(F)F)c4)ccc3N3CC[C@H]2C3)cc1-c1cnco1. The Morgan fingerprint density at radius 1 is 1.09 bits per heavy atom. The molecule has 1 fully saturated rings. The summed E-state index contributed by atoms with van der Waals surface area (Å²) < 4.78 is 51.2. The first-order chi connectivity index (χ1) is 22.4. The molecule has 1 saturated heterocycles. The summed E-state index contributed by atoms with van der Waals surface area (Å²) in [5.74, 6) is 0.925. The van der Waals surface area contributed by atoms with Crippen molar-refractivity contribution in [2.75, 3.05) is 34.8 Å². The van der Waals surface area contributed by atoms with Crippen molar-refractivity contribution in [3.05, 3.63) is 78.3 Å². The van der Waals surface area contributed by atoms with Crippen molar-refractivity contribution in [1.82, 2.24) is 15.3 Å². The van der Waals surface area contributed by atoms with Gasteiger partial charge in [-0.15, -0.1) is 0 Å². The van der Waals surface area contributed by atoms with Crippen LogP contribution in [0.2, 0.25) is 0 Å². The highest BCUT2D eigenvalue weighted by molar-refractivity contribution is 6.05. The number of nitrogens with one attached hydrogen (secondary N) is 2. The first-order valence-electron chi connectivity index (χ1n) is 15.4. The number of oxazole rings is 1. The maximum absolute atomic E-state index is 13.9. The fourth-order valence-electron chi connectivity index (χ4n) is 5.90. The van der Waals surface area contributed by atoms with Crippen LogP contribution in [-0.2, 0) is 17.3 Å². The number of fused-ring (bicyclic) bond motifs is 4. The zero-order valence-electron chi connectivity index (χ0n) is 26.2. The van der Waals surface area contributed by atoms with E-state index >= 15 is 0 Å². The molecule has 0 aliphatic carbocycles. The van der Waals surface area contributed by atoms with E-state index in [-0.39, 0.29) is 6.04 Å². The van der Waals surface area contributed by atoms with Crippen LogP contribution in [0.4, 0.5) is 40.0 Å². The molecule has 10 nitrogen and oxygen atoms in total. The second-order valence-corrected chi connectivity index (χ2v) is 12.6. The van der Waals surface area contributed by atoms with Gasteiger partial charge in [-0.05, 0) is 82.0 Å². The van der Waals surface area contributed by atoms with Crippen LogP contribution in [0, 0.1) is 0 Å². The Balaban J connectivity index is 1.22. The third kappa shape index (κ3) is 7.18. The molecule has 4 aromatic rings. The number of carbonyl (C=O) groups excluding carboxylic acids is 2. The molecule has 6 rings (SSSR count). The number of pyridine rings is 1. The molecule has 47 heavy (non-hydrogen) atoms. The summed E-state index contributed by atoms with van der Waals surface area (Å²) >= 11 is 0. The number of benzene rings is 2. The minimum Gasteiger partial charge on any atom is -0.444 e. The van der Waals surface area contributed by atoms with Crippen LogP contribution in [0.1, 0.15) is 44.7 Å². The van der Waals surface area contributed by atoms with E-state index in [0.717, 1.165) is 41.9 Å². The van der Waals surface area contributed by atoms with Crippen molar-refractivity contribution in [3.63, 3.8) is 0 Å². The summed E-state index contributed by atoms with van der Waals surface area (Å²) in [7, 11) is 0. The minimum absolute atomic E-state index is 0.155. The number of urea groups is 1. The van der Waals surface area contributed by atoms with E-state index in [1.165, 1.54) is 12.5 Å². The molecule has 2 N–H and O–H groups in total. The van der Waals surface area contributed by atoms with Gasteiger partial charge in [0.1, 0.15) is 5.60 Å². The van der Waals surface area contributed by atoms with Crippen molar-refractivity contribution in [3.8, 4) is 22.6 Å². The molecule has 2 aliphatic heterocycles. The van der Waals surface area contributed by atoms with Crippen LogP contribution in [0.3, 0.4) is 0 Å². The van der Waals surface area contributed by atoms with Gasteiger partial charge in [-0.2, -0.15) is 13.2 Å². The van der Waals surface area contributed by atoms with Crippen LogP contribution in [0.25, 0.3) is 22.6 Å². The number of nitrogens with zero attached hydrogens (tertiary/aromatic N) is 4. The highest BCUT2D eigenvalue weighted by atomic mass is 19.4. The third-order valence-electron chi connectivity index (χ3n) is 8.01. The Bertz CT molecular complexity index is 1770. The van der Waals surface area contributed by atoms with Gasteiger partial charge in [0, 0.05) is 36.4 Å². The summed E-state index contributed by atoms with van der Waals surface area (Å²) in [5, 5.41) is 5.76. The number of halogens is 3. The van der Waals surface area contributed by atoms with Crippen LogP contribution in [-0.4, -0.2) is 53.4 Å². The van der Waals surface area contributed by atoms with Gasteiger partial charge in [0.15, 0.2) is 18.0 Å². The molecular formula is C34H35F3N6O4. The van der Waals surface area contributed by atoms with Gasteiger partial charge in [-0.1, -0.05) is 18.2 Å². The topological polar surface area (TPSA) is 113 Å². The second kappa shape index (κ2) is 12.6. The summed E-state index contributed by atoms with van der Waals surface area (Å²) in [5.41, 5.74) is 2.26. The Morgan fingerprint density at radius 3 is 2.66 bits per heavy atom. The monoisotopic (exact) mass is 648 g/mol.